The van der Waals surface area contributed by atoms with Gasteiger partial charge in [0, 0.05) is 12.6 Å². The minimum Gasteiger partial charge on any atom is -0.444 e. The molecule has 1 aliphatic rings. The number of carbonyl (C=O) groups excluding carboxylic acids is 2. The zero-order chi connectivity index (χ0) is 20.7. The summed E-state index contributed by atoms with van der Waals surface area (Å²) in [5.74, 6) is 0.549. The van der Waals surface area contributed by atoms with Crippen molar-refractivity contribution in [3.05, 3.63) is 35.9 Å². The van der Waals surface area contributed by atoms with Crippen LogP contribution in [0.4, 0.5) is 4.79 Å². The van der Waals surface area contributed by atoms with E-state index in [2.05, 4.69) is 29.4 Å². The van der Waals surface area contributed by atoms with Crippen LogP contribution in [0.3, 0.4) is 0 Å². The van der Waals surface area contributed by atoms with Crippen molar-refractivity contribution in [2.24, 2.45) is 5.92 Å². The molecule has 1 aromatic carbocycles. The summed E-state index contributed by atoms with van der Waals surface area (Å²) in [5, 5.41) is 5.72. The van der Waals surface area contributed by atoms with Gasteiger partial charge in [0.2, 0.25) is 5.91 Å². The highest BCUT2D eigenvalue weighted by Crippen LogP contribution is 2.18. The number of carbonyl (C=O) groups is 2. The van der Waals surface area contributed by atoms with E-state index in [-0.39, 0.29) is 11.9 Å². The predicted molar refractivity (Wildman–Crippen MR) is 111 cm³/mol. The van der Waals surface area contributed by atoms with E-state index in [1.54, 1.807) is 20.8 Å². The molecule has 6 nitrogen and oxygen atoms in total. The molecule has 0 spiro atoms. The summed E-state index contributed by atoms with van der Waals surface area (Å²) in [6.07, 6.45) is 1.80. The van der Waals surface area contributed by atoms with E-state index < -0.39 is 17.7 Å². The van der Waals surface area contributed by atoms with E-state index in [9.17, 15) is 9.59 Å². The van der Waals surface area contributed by atoms with Gasteiger partial charge in [0.15, 0.2) is 0 Å². The number of alkyl carbamates (subject to hydrolysis) is 1. The minimum atomic E-state index is -0.787. The molecule has 156 valence electrons. The van der Waals surface area contributed by atoms with Gasteiger partial charge in [0.05, 0.1) is 0 Å². The van der Waals surface area contributed by atoms with Crippen molar-refractivity contribution in [1.82, 2.24) is 15.5 Å². The molecule has 1 aromatic rings. The fraction of sp³-hybridized carbons (Fsp3) is 0.636. The van der Waals surface area contributed by atoms with Gasteiger partial charge in [-0.3, -0.25) is 9.69 Å². The van der Waals surface area contributed by atoms with E-state index in [1.165, 1.54) is 12.8 Å². The maximum absolute atomic E-state index is 12.9. The van der Waals surface area contributed by atoms with Gasteiger partial charge >= 0.3 is 6.09 Å². The Balaban J connectivity index is 1.98. The Morgan fingerprint density at radius 2 is 1.79 bits per heavy atom. The first-order chi connectivity index (χ1) is 13.2. The molecule has 0 aliphatic carbocycles. The van der Waals surface area contributed by atoms with Crippen LogP contribution in [0, 0.1) is 5.92 Å². The van der Waals surface area contributed by atoms with Crippen LogP contribution in [0.2, 0.25) is 0 Å². The molecule has 2 unspecified atom stereocenters. The van der Waals surface area contributed by atoms with Crippen molar-refractivity contribution in [1.29, 1.82) is 0 Å². The molecule has 1 aliphatic heterocycles. The quantitative estimate of drug-likeness (QED) is 0.781. The molecule has 0 aromatic heterocycles. The molecular formula is C22H35N3O3. The van der Waals surface area contributed by atoms with Gasteiger partial charge in [0.1, 0.15) is 11.6 Å². The molecule has 0 radical (unpaired) electrons. The predicted octanol–water partition coefficient (Wildman–Crippen LogP) is 3.49. The molecule has 28 heavy (non-hydrogen) atoms. The monoisotopic (exact) mass is 389 g/mol. The zero-order valence-corrected chi connectivity index (χ0v) is 17.8. The highest BCUT2D eigenvalue weighted by Gasteiger charge is 2.27. The molecule has 0 saturated carbocycles. The van der Waals surface area contributed by atoms with Gasteiger partial charge in [-0.1, -0.05) is 37.3 Å². The Bertz CT molecular complexity index is 634. The lowest BCUT2D eigenvalue weighted by Crippen LogP contribution is -2.48. The third-order valence-corrected chi connectivity index (χ3v) is 5.07. The van der Waals surface area contributed by atoms with Crippen LogP contribution in [0.1, 0.15) is 59.1 Å². The second kappa shape index (κ2) is 9.92. The van der Waals surface area contributed by atoms with Crippen molar-refractivity contribution in [2.75, 3.05) is 19.6 Å². The number of benzene rings is 1. The number of amides is 2. The largest absolute Gasteiger partial charge is 0.444 e. The number of nitrogens with zero attached hydrogens (tertiary/aromatic N) is 1. The first-order valence-corrected chi connectivity index (χ1v) is 10.2. The summed E-state index contributed by atoms with van der Waals surface area (Å²) in [7, 11) is 0. The maximum atomic E-state index is 12.9. The summed E-state index contributed by atoms with van der Waals surface area (Å²) in [6.45, 7) is 12.5. The Morgan fingerprint density at radius 3 is 2.36 bits per heavy atom. The molecule has 2 N–H and O–H groups in total. The lowest BCUT2D eigenvalue weighted by atomic mass is 9.98. The molecule has 0 bridgehead atoms. The van der Waals surface area contributed by atoms with Crippen LogP contribution in [-0.4, -0.2) is 48.2 Å². The van der Waals surface area contributed by atoms with Crippen molar-refractivity contribution in [3.8, 4) is 0 Å². The molecule has 1 saturated heterocycles. The van der Waals surface area contributed by atoms with Gasteiger partial charge < -0.3 is 15.4 Å². The van der Waals surface area contributed by atoms with Crippen LogP contribution in [0.5, 0.6) is 0 Å². The number of hydrogen-bond donors (Lipinski definition) is 2. The lowest BCUT2D eigenvalue weighted by molar-refractivity contribution is -0.123. The lowest BCUT2D eigenvalue weighted by Gasteiger charge is -2.35. The van der Waals surface area contributed by atoms with Gasteiger partial charge in [-0.25, -0.2) is 4.79 Å². The Morgan fingerprint density at radius 1 is 1.18 bits per heavy atom. The van der Waals surface area contributed by atoms with Gasteiger partial charge in [-0.05, 0) is 65.1 Å². The van der Waals surface area contributed by atoms with Gasteiger partial charge in [0.25, 0.3) is 0 Å². The number of likely N-dealkylation sites (tertiary alicyclic amines) is 1. The molecule has 6 heteroatoms. The fourth-order valence-corrected chi connectivity index (χ4v) is 3.32. The summed E-state index contributed by atoms with van der Waals surface area (Å²) in [5.41, 5.74) is 0.104. The SMILES string of the molecule is CC1CCN(C(C)CNC(=O)C(NC(=O)OC(C)(C)C)c2ccccc2)CC1. The first kappa shape index (κ1) is 22.2. The third-order valence-electron chi connectivity index (χ3n) is 5.07. The highest BCUT2D eigenvalue weighted by atomic mass is 16.6. The second-order valence-corrected chi connectivity index (χ2v) is 8.80. The summed E-state index contributed by atoms with van der Waals surface area (Å²) >= 11 is 0. The standard InChI is InChI=1S/C22H35N3O3/c1-16-11-13-25(14-12-16)17(2)15-23-20(26)19(18-9-7-6-8-10-18)24-21(27)28-22(3,4)5/h6-10,16-17,19H,11-15H2,1-5H3,(H,23,26)(H,24,27). The molecular weight excluding hydrogens is 354 g/mol. The van der Waals surface area contributed by atoms with E-state index in [4.69, 9.17) is 4.74 Å². The Kier molecular flexibility index (Phi) is 7.87. The zero-order valence-electron chi connectivity index (χ0n) is 17.8. The van der Waals surface area contributed by atoms with Crippen LogP contribution in [-0.2, 0) is 9.53 Å². The van der Waals surface area contributed by atoms with Crippen LogP contribution in [0.25, 0.3) is 0 Å². The molecule has 2 amide bonds. The molecule has 2 atom stereocenters. The molecule has 1 heterocycles. The second-order valence-electron chi connectivity index (χ2n) is 8.80. The maximum Gasteiger partial charge on any atom is 0.408 e. The van der Waals surface area contributed by atoms with E-state index in [0.29, 0.717) is 6.54 Å². The summed E-state index contributed by atoms with van der Waals surface area (Å²) in [6, 6.07) is 8.71. The first-order valence-electron chi connectivity index (χ1n) is 10.2. The van der Waals surface area contributed by atoms with E-state index in [0.717, 1.165) is 24.6 Å². The number of ether oxygens (including phenoxy) is 1. The number of piperidine rings is 1. The number of hydrogen-bond acceptors (Lipinski definition) is 4. The van der Waals surface area contributed by atoms with Crippen molar-refractivity contribution < 1.29 is 14.3 Å². The summed E-state index contributed by atoms with van der Waals surface area (Å²) < 4.78 is 5.33. The van der Waals surface area contributed by atoms with Crippen LogP contribution < -0.4 is 10.6 Å². The average Bonchev–Trinajstić information content (AvgIpc) is 2.64. The normalized spacial score (nSPS) is 18.2. The summed E-state index contributed by atoms with van der Waals surface area (Å²) in [4.78, 5) is 27.5. The van der Waals surface area contributed by atoms with E-state index >= 15 is 0 Å². The number of nitrogens with one attached hydrogen (secondary N) is 2. The average molecular weight is 390 g/mol. The van der Waals surface area contributed by atoms with Crippen molar-refractivity contribution >= 4 is 12.0 Å². The minimum absolute atomic E-state index is 0.228. The topological polar surface area (TPSA) is 70.7 Å². The Hall–Kier alpha value is -2.08. The number of rotatable bonds is 6. The fourth-order valence-electron chi connectivity index (χ4n) is 3.32. The smallest absolute Gasteiger partial charge is 0.408 e. The van der Waals surface area contributed by atoms with Crippen molar-refractivity contribution in [3.63, 3.8) is 0 Å². The van der Waals surface area contributed by atoms with Crippen LogP contribution in [0.15, 0.2) is 30.3 Å². The Labute approximate surface area is 169 Å². The van der Waals surface area contributed by atoms with Crippen LogP contribution >= 0.6 is 0 Å². The van der Waals surface area contributed by atoms with E-state index in [1.807, 2.05) is 30.3 Å². The van der Waals surface area contributed by atoms with Gasteiger partial charge in [-0.15, -0.1) is 0 Å². The third kappa shape index (κ3) is 7.15. The molecule has 2 rings (SSSR count). The molecule has 1 fully saturated rings. The highest BCUT2D eigenvalue weighted by molar-refractivity contribution is 5.86. The van der Waals surface area contributed by atoms with Gasteiger partial charge in [-0.2, -0.15) is 0 Å². The van der Waals surface area contributed by atoms with Crippen molar-refractivity contribution in [2.45, 2.75) is 65.1 Å².